The number of phosphoric acid groups is 3. The fourth-order valence-corrected chi connectivity index (χ4v) is 6.33. The van der Waals surface area contributed by atoms with Gasteiger partial charge in [0.05, 0.1) is 12.2 Å². The number of nitrogen functional groups attached to an aromatic ring is 1. The van der Waals surface area contributed by atoms with Gasteiger partial charge in [0.25, 0.3) is 0 Å². The summed E-state index contributed by atoms with van der Waals surface area (Å²) in [5.74, 6) is 0.211. The number of hydrogen-bond donors (Lipinski definition) is 7. The number of aliphatic hydroxyl groups excluding tert-OH is 2. The van der Waals surface area contributed by atoms with Crippen molar-refractivity contribution in [2.24, 2.45) is 0 Å². The summed E-state index contributed by atoms with van der Waals surface area (Å²) in [5, 5.41) is 24.9. The highest BCUT2D eigenvalue weighted by Gasteiger charge is 2.52. The Morgan fingerprint density at radius 3 is 2.45 bits per heavy atom. The summed E-state index contributed by atoms with van der Waals surface area (Å²) in [7, 11) is -16.7. The molecule has 1 fully saturated rings. The molecule has 0 amide bonds. The first kappa shape index (κ1) is 26.3. The van der Waals surface area contributed by atoms with Gasteiger partial charge in [-0.1, -0.05) is 0 Å². The quantitative estimate of drug-likeness (QED) is 0.192. The minimum atomic E-state index is -5.70. The normalized spacial score (nSPS) is 29.7. The van der Waals surface area contributed by atoms with E-state index in [2.05, 4.69) is 23.2 Å². The van der Waals surface area contributed by atoms with Crippen LogP contribution in [0.15, 0.2) is 18.5 Å². The molecule has 33 heavy (non-hydrogen) atoms. The molecule has 1 aliphatic rings. The average molecular weight is 534 g/mol. The molecule has 3 rings (SSSR count). The smallest absolute Gasteiger partial charge is 0.387 e. The Morgan fingerprint density at radius 1 is 1.15 bits per heavy atom. The van der Waals surface area contributed by atoms with Gasteiger partial charge in [-0.25, -0.2) is 23.2 Å². The van der Waals surface area contributed by atoms with Crippen LogP contribution in [0.1, 0.15) is 12.6 Å². The Morgan fingerprint density at radius 2 is 1.82 bits per heavy atom. The van der Waals surface area contributed by atoms with Crippen molar-refractivity contribution >= 4 is 34.8 Å². The van der Waals surface area contributed by atoms with Crippen molar-refractivity contribution in [2.75, 3.05) is 12.3 Å². The maximum atomic E-state index is 11.9. The molecule has 0 radical (unpaired) electrons. The summed E-state index contributed by atoms with van der Waals surface area (Å²) >= 11 is 0. The number of aromatic nitrogens is 3. The van der Waals surface area contributed by atoms with Gasteiger partial charge in [0.15, 0.2) is 5.82 Å². The van der Waals surface area contributed by atoms with Crippen LogP contribution in [0.3, 0.4) is 0 Å². The maximum Gasteiger partial charge on any atom is 0.490 e. The van der Waals surface area contributed by atoms with Crippen LogP contribution >= 0.6 is 23.5 Å². The van der Waals surface area contributed by atoms with Crippen LogP contribution in [0.25, 0.3) is 5.52 Å². The second-order valence-corrected chi connectivity index (χ2v) is 11.7. The van der Waals surface area contributed by atoms with Crippen LogP contribution in [0, 0.1) is 0 Å². The van der Waals surface area contributed by atoms with Crippen LogP contribution < -0.4 is 5.73 Å². The molecule has 20 heteroatoms. The Kier molecular flexibility index (Phi) is 7.22. The largest absolute Gasteiger partial charge is 0.490 e. The van der Waals surface area contributed by atoms with Crippen molar-refractivity contribution < 1.29 is 61.4 Å². The first-order chi connectivity index (χ1) is 15.0. The molecular weight excluding hydrogens is 513 g/mol. The number of rotatable bonds is 9. The van der Waals surface area contributed by atoms with Crippen LogP contribution in [0.2, 0.25) is 0 Å². The summed E-state index contributed by atoms with van der Waals surface area (Å²) < 4.78 is 52.7. The minimum Gasteiger partial charge on any atom is -0.387 e. The van der Waals surface area contributed by atoms with Gasteiger partial charge in [-0.05, 0) is 19.1 Å². The zero-order valence-corrected chi connectivity index (χ0v) is 19.4. The van der Waals surface area contributed by atoms with E-state index in [1.54, 1.807) is 12.1 Å². The Labute approximate surface area is 185 Å². The SMILES string of the molecule is C[C@@]1(Cc2ccc3c(N)ncnn23)O[C@H](COP(=O)(O)OP(=O)(O)OP(=O)(O)O)[C@@H](O)[C@H]1O. The third-order valence-electron chi connectivity index (χ3n) is 4.66. The molecule has 17 nitrogen and oxygen atoms in total. The van der Waals surface area contributed by atoms with Gasteiger partial charge in [0.2, 0.25) is 0 Å². The van der Waals surface area contributed by atoms with E-state index in [0.29, 0.717) is 11.2 Å². The first-order valence-corrected chi connectivity index (χ1v) is 13.4. The topological polar surface area (TPSA) is 266 Å². The fraction of sp³-hybridized carbons (Fsp3) is 0.538. The second-order valence-electron chi connectivity index (χ2n) is 7.23. The predicted octanol–water partition coefficient (Wildman–Crippen LogP) is -0.923. The van der Waals surface area contributed by atoms with Gasteiger partial charge < -0.3 is 40.3 Å². The number of ether oxygens (including phenoxy) is 1. The molecule has 2 aromatic rings. The van der Waals surface area contributed by atoms with E-state index in [0.717, 1.165) is 0 Å². The fourth-order valence-electron chi connectivity index (χ4n) is 3.30. The average Bonchev–Trinajstić information content (AvgIpc) is 3.13. The summed E-state index contributed by atoms with van der Waals surface area (Å²) in [5.41, 5.74) is 5.37. The van der Waals surface area contributed by atoms with Gasteiger partial charge in [-0.3, -0.25) is 4.52 Å². The number of hydrogen-bond acceptors (Lipinski definition) is 12. The third-order valence-corrected chi connectivity index (χ3v) is 8.46. The predicted molar refractivity (Wildman–Crippen MR) is 106 cm³/mol. The standard InChI is InChI=1S/C13H21N4O13P3/c1-13(4-7-2-3-8-12(14)15-6-16-17(7)8)11(19)10(18)9(28-13)5-27-32(23,24)30-33(25,26)29-31(20,21)22/h2-3,6,9-11,18-19H,4-5H2,1H3,(H,23,24)(H,25,26)(H2,14,15,16)(H2,20,21,22)/t9-,10-,11-,13+/m1/s1. The Bertz CT molecular complexity index is 1170. The highest BCUT2D eigenvalue weighted by molar-refractivity contribution is 7.66. The lowest BCUT2D eigenvalue weighted by Gasteiger charge is -2.27. The molecule has 0 spiro atoms. The van der Waals surface area contributed by atoms with Gasteiger partial charge in [-0.15, -0.1) is 0 Å². The maximum absolute atomic E-state index is 11.9. The molecule has 0 aliphatic carbocycles. The summed E-state index contributed by atoms with van der Waals surface area (Å²) in [6, 6.07) is 3.28. The van der Waals surface area contributed by atoms with Crippen molar-refractivity contribution in [3.63, 3.8) is 0 Å². The molecule has 2 unspecified atom stereocenters. The zero-order chi connectivity index (χ0) is 24.8. The lowest BCUT2D eigenvalue weighted by Crippen LogP contribution is -2.42. The minimum absolute atomic E-state index is 0.00159. The van der Waals surface area contributed by atoms with Crippen molar-refractivity contribution in [1.29, 1.82) is 0 Å². The number of nitrogens with two attached hydrogens (primary N) is 1. The zero-order valence-electron chi connectivity index (χ0n) is 16.7. The van der Waals surface area contributed by atoms with E-state index in [4.69, 9.17) is 25.2 Å². The van der Waals surface area contributed by atoms with Crippen LogP contribution in [0.5, 0.6) is 0 Å². The summed E-state index contributed by atoms with van der Waals surface area (Å²) in [4.78, 5) is 39.6. The monoisotopic (exact) mass is 534 g/mol. The first-order valence-electron chi connectivity index (χ1n) is 8.91. The number of fused-ring (bicyclic) bond motifs is 1. The lowest BCUT2D eigenvalue weighted by atomic mass is 9.92. The van der Waals surface area contributed by atoms with E-state index in [-0.39, 0.29) is 12.2 Å². The molecule has 1 aliphatic heterocycles. The Hall–Kier alpha value is -1.29. The molecule has 1 saturated heterocycles. The molecule has 8 N–H and O–H groups in total. The summed E-state index contributed by atoms with van der Waals surface area (Å²) in [6.07, 6.45) is -3.30. The molecular formula is C13H21N4O13P3. The molecule has 0 bridgehead atoms. The van der Waals surface area contributed by atoms with Gasteiger partial charge >= 0.3 is 23.5 Å². The van der Waals surface area contributed by atoms with Crippen molar-refractivity contribution in [3.05, 3.63) is 24.2 Å². The van der Waals surface area contributed by atoms with E-state index in [9.17, 15) is 28.8 Å². The molecule has 2 aromatic heterocycles. The van der Waals surface area contributed by atoms with E-state index in [1.807, 2.05) is 0 Å². The van der Waals surface area contributed by atoms with Gasteiger partial charge in [0, 0.05) is 12.1 Å². The Balaban J connectivity index is 1.68. The van der Waals surface area contributed by atoms with Crippen molar-refractivity contribution in [1.82, 2.24) is 14.6 Å². The van der Waals surface area contributed by atoms with E-state index >= 15 is 0 Å². The second kappa shape index (κ2) is 9.06. The van der Waals surface area contributed by atoms with Gasteiger partial charge in [0.1, 0.15) is 30.2 Å². The number of phosphoric ester groups is 1. The molecule has 0 aromatic carbocycles. The van der Waals surface area contributed by atoms with Crippen LogP contribution in [-0.4, -0.2) is 74.9 Å². The van der Waals surface area contributed by atoms with Crippen molar-refractivity contribution in [3.8, 4) is 0 Å². The highest BCUT2D eigenvalue weighted by atomic mass is 31.3. The third kappa shape index (κ3) is 6.24. The lowest BCUT2D eigenvalue weighted by molar-refractivity contribution is -0.0800. The molecule has 186 valence electrons. The highest BCUT2D eigenvalue weighted by Crippen LogP contribution is 2.66. The van der Waals surface area contributed by atoms with Crippen LogP contribution in [0.4, 0.5) is 5.82 Å². The van der Waals surface area contributed by atoms with E-state index < -0.39 is 54.0 Å². The summed E-state index contributed by atoms with van der Waals surface area (Å²) in [6.45, 7) is 0.539. The van der Waals surface area contributed by atoms with Gasteiger partial charge in [-0.2, -0.15) is 13.7 Å². The van der Waals surface area contributed by atoms with Crippen molar-refractivity contribution in [2.45, 2.75) is 37.3 Å². The number of aliphatic hydroxyl groups is 2. The van der Waals surface area contributed by atoms with Crippen LogP contribution in [-0.2, 0) is 38.0 Å². The molecule has 3 heterocycles. The van der Waals surface area contributed by atoms with E-state index in [1.165, 1.54) is 17.8 Å². The number of anilines is 1. The molecule has 0 saturated carbocycles. The number of nitrogens with zero attached hydrogens (tertiary/aromatic N) is 3. The molecule has 6 atom stereocenters.